The number of hydrogen-bond donors (Lipinski definition) is 1. The van der Waals surface area contributed by atoms with Gasteiger partial charge in [-0.25, -0.2) is 4.98 Å². The SMILES string of the molecule is Cc1nc(CC(=O)NCCOc2ccccc2C(C)(C)C)sc1C(=O)[O-]. The Morgan fingerprint density at radius 3 is 2.58 bits per heavy atom. The highest BCUT2D eigenvalue weighted by molar-refractivity contribution is 7.13. The molecule has 0 radical (unpaired) electrons. The third-order valence-corrected chi connectivity index (χ3v) is 4.85. The summed E-state index contributed by atoms with van der Waals surface area (Å²) in [5.41, 5.74) is 1.46. The van der Waals surface area contributed by atoms with Crippen LogP contribution in [0.2, 0.25) is 0 Å². The van der Waals surface area contributed by atoms with Crippen molar-refractivity contribution in [1.29, 1.82) is 0 Å². The number of nitrogens with one attached hydrogen (secondary N) is 1. The molecule has 0 atom stereocenters. The van der Waals surface area contributed by atoms with E-state index >= 15 is 0 Å². The number of rotatable bonds is 7. The highest BCUT2D eigenvalue weighted by Gasteiger charge is 2.18. The van der Waals surface area contributed by atoms with Gasteiger partial charge in [0.05, 0.1) is 29.5 Å². The van der Waals surface area contributed by atoms with Crippen LogP contribution in [0.3, 0.4) is 0 Å². The summed E-state index contributed by atoms with van der Waals surface area (Å²) < 4.78 is 5.81. The highest BCUT2D eigenvalue weighted by Crippen LogP contribution is 2.30. The Morgan fingerprint density at radius 2 is 1.96 bits per heavy atom. The first kappa shape index (κ1) is 19.9. The number of thiazole rings is 1. The predicted molar refractivity (Wildman–Crippen MR) is 98.5 cm³/mol. The molecule has 0 bridgehead atoms. The van der Waals surface area contributed by atoms with Gasteiger partial charge in [-0.15, -0.1) is 11.3 Å². The van der Waals surface area contributed by atoms with Gasteiger partial charge in [0.15, 0.2) is 0 Å². The van der Waals surface area contributed by atoms with E-state index < -0.39 is 5.97 Å². The van der Waals surface area contributed by atoms with Gasteiger partial charge in [-0.1, -0.05) is 39.0 Å². The van der Waals surface area contributed by atoms with Crippen LogP contribution in [0.15, 0.2) is 24.3 Å². The van der Waals surface area contributed by atoms with Crippen LogP contribution in [-0.4, -0.2) is 30.0 Å². The van der Waals surface area contributed by atoms with E-state index in [2.05, 4.69) is 31.1 Å². The molecule has 26 heavy (non-hydrogen) atoms. The first-order chi connectivity index (χ1) is 12.2. The first-order valence-electron chi connectivity index (χ1n) is 8.35. The van der Waals surface area contributed by atoms with Crippen LogP contribution in [0, 0.1) is 6.92 Å². The number of carbonyl (C=O) groups is 2. The van der Waals surface area contributed by atoms with Gasteiger partial charge < -0.3 is 20.0 Å². The monoisotopic (exact) mass is 375 g/mol. The molecule has 0 aliphatic carbocycles. The van der Waals surface area contributed by atoms with Crippen LogP contribution < -0.4 is 15.2 Å². The van der Waals surface area contributed by atoms with E-state index in [0.717, 1.165) is 22.6 Å². The highest BCUT2D eigenvalue weighted by atomic mass is 32.1. The lowest BCUT2D eigenvalue weighted by Gasteiger charge is -2.22. The minimum Gasteiger partial charge on any atom is -0.544 e. The van der Waals surface area contributed by atoms with Crippen molar-refractivity contribution in [3.63, 3.8) is 0 Å². The van der Waals surface area contributed by atoms with Crippen molar-refractivity contribution in [2.24, 2.45) is 0 Å². The molecular formula is C19H23N2O4S-. The summed E-state index contributed by atoms with van der Waals surface area (Å²) in [5, 5.41) is 14.1. The fraction of sp³-hybridized carbons (Fsp3) is 0.421. The van der Waals surface area contributed by atoms with Crippen LogP contribution in [-0.2, 0) is 16.6 Å². The molecule has 1 heterocycles. The van der Waals surface area contributed by atoms with Crippen molar-refractivity contribution >= 4 is 23.2 Å². The fourth-order valence-electron chi connectivity index (χ4n) is 2.48. The number of aromatic nitrogens is 1. The quantitative estimate of drug-likeness (QED) is 0.746. The molecule has 140 valence electrons. The molecule has 0 aliphatic heterocycles. The maximum Gasteiger partial charge on any atom is 0.226 e. The number of carboxylic acids is 1. The number of aromatic carboxylic acids is 1. The molecule has 7 heteroatoms. The van der Waals surface area contributed by atoms with Gasteiger partial charge >= 0.3 is 0 Å². The number of benzene rings is 1. The molecule has 2 aromatic rings. The number of aryl methyl sites for hydroxylation is 1. The van der Waals surface area contributed by atoms with Crippen LogP contribution in [0.4, 0.5) is 0 Å². The van der Waals surface area contributed by atoms with Gasteiger partial charge in [0.25, 0.3) is 0 Å². The Labute approximate surface area is 157 Å². The molecule has 0 saturated heterocycles. The minimum atomic E-state index is -1.27. The van der Waals surface area contributed by atoms with E-state index in [1.54, 1.807) is 6.92 Å². The molecule has 1 aromatic heterocycles. The van der Waals surface area contributed by atoms with Crippen molar-refractivity contribution in [2.45, 2.75) is 39.5 Å². The lowest BCUT2D eigenvalue weighted by atomic mass is 9.86. The minimum absolute atomic E-state index is 0.0285. The summed E-state index contributed by atoms with van der Waals surface area (Å²) in [6.45, 7) is 8.65. The third kappa shape index (κ3) is 5.29. The summed E-state index contributed by atoms with van der Waals surface area (Å²) in [6, 6.07) is 7.85. The molecule has 6 nitrogen and oxygen atoms in total. The Kier molecular flexibility index (Phi) is 6.37. The molecule has 0 unspecified atom stereocenters. The molecule has 0 fully saturated rings. The summed E-state index contributed by atoms with van der Waals surface area (Å²) in [5.74, 6) is -0.683. The number of nitrogens with zero attached hydrogens (tertiary/aromatic N) is 1. The van der Waals surface area contributed by atoms with E-state index in [9.17, 15) is 14.7 Å². The maximum absolute atomic E-state index is 12.0. The molecule has 1 amide bonds. The molecule has 0 aliphatic rings. The molecule has 1 N–H and O–H groups in total. The Bertz CT molecular complexity index is 793. The Morgan fingerprint density at radius 1 is 1.27 bits per heavy atom. The molecular weight excluding hydrogens is 352 g/mol. The topological polar surface area (TPSA) is 91.3 Å². The molecule has 2 rings (SSSR count). The van der Waals surface area contributed by atoms with Crippen LogP contribution in [0.5, 0.6) is 5.75 Å². The molecule has 1 aromatic carbocycles. The second-order valence-electron chi connectivity index (χ2n) is 6.93. The maximum atomic E-state index is 12.0. The van der Waals surface area contributed by atoms with E-state index in [0.29, 0.717) is 23.9 Å². The molecule has 0 saturated carbocycles. The summed E-state index contributed by atoms with van der Waals surface area (Å²) in [4.78, 5) is 27.0. The first-order valence-corrected chi connectivity index (χ1v) is 9.17. The van der Waals surface area contributed by atoms with Gasteiger partial charge in [0.1, 0.15) is 17.4 Å². The van der Waals surface area contributed by atoms with Crippen molar-refractivity contribution < 1.29 is 19.4 Å². The smallest absolute Gasteiger partial charge is 0.226 e. The number of hydrogen-bond acceptors (Lipinski definition) is 6. The average Bonchev–Trinajstić information content (AvgIpc) is 2.91. The number of carbonyl (C=O) groups excluding carboxylic acids is 2. The number of ether oxygens (including phenoxy) is 1. The second-order valence-corrected chi connectivity index (χ2v) is 8.01. The van der Waals surface area contributed by atoms with Gasteiger partial charge in [0, 0.05) is 0 Å². The largest absolute Gasteiger partial charge is 0.544 e. The van der Waals surface area contributed by atoms with Crippen LogP contribution in [0.25, 0.3) is 0 Å². The number of amides is 1. The van der Waals surface area contributed by atoms with E-state index in [1.807, 2.05) is 24.3 Å². The Hall–Kier alpha value is -2.41. The fourth-order valence-corrected chi connectivity index (χ4v) is 3.38. The number of carboxylic acid groups (broad SMARTS) is 1. The lowest BCUT2D eigenvalue weighted by molar-refractivity contribution is -0.254. The normalized spacial score (nSPS) is 11.2. The molecule has 0 spiro atoms. The number of para-hydroxylation sites is 1. The van der Waals surface area contributed by atoms with Crippen molar-refractivity contribution in [3.8, 4) is 5.75 Å². The standard InChI is InChI=1S/C19H24N2O4S/c1-12-17(18(23)24)26-16(21-12)11-15(22)20-9-10-25-14-8-6-5-7-13(14)19(2,3)4/h5-8H,9-11H2,1-4H3,(H,20,22)(H,23,24)/p-1. The lowest BCUT2D eigenvalue weighted by Crippen LogP contribution is -2.29. The van der Waals surface area contributed by atoms with E-state index in [-0.39, 0.29) is 22.6 Å². The zero-order valence-electron chi connectivity index (χ0n) is 15.4. The predicted octanol–water partition coefficient (Wildman–Crippen LogP) is 1.85. The average molecular weight is 375 g/mol. The van der Waals surface area contributed by atoms with Gasteiger partial charge in [-0.2, -0.15) is 0 Å². The van der Waals surface area contributed by atoms with Crippen molar-refractivity contribution in [3.05, 3.63) is 45.4 Å². The Balaban J connectivity index is 1.83. The van der Waals surface area contributed by atoms with Gasteiger partial charge in [-0.3, -0.25) is 4.79 Å². The van der Waals surface area contributed by atoms with Crippen molar-refractivity contribution in [2.75, 3.05) is 13.2 Å². The summed E-state index contributed by atoms with van der Waals surface area (Å²) in [6.07, 6.45) is 0.0391. The summed E-state index contributed by atoms with van der Waals surface area (Å²) in [7, 11) is 0. The van der Waals surface area contributed by atoms with Gasteiger partial charge in [0.2, 0.25) is 5.91 Å². The summed E-state index contributed by atoms with van der Waals surface area (Å²) >= 11 is 0.971. The van der Waals surface area contributed by atoms with Crippen LogP contribution >= 0.6 is 11.3 Å². The second kappa shape index (κ2) is 8.31. The third-order valence-electron chi connectivity index (χ3n) is 3.71. The van der Waals surface area contributed by atoms with Crippen molar-refractivity contribution in [1.82, 2.24) is 10.3 Å². The van der Waals surface area contributed by atoms with E-state index in [4.69, 9.17) is 4.74 Å². The zero-order valence-corrected chi connectivity index (χ0v) is 16.2. The van der Waals surface area contributed by atoms with Crippen LogP contribution in [0.1, 0.15) is 46.7 Å². The van der Waals surface area contributed by atoms with Gasteiger partial charge in [-0.05, 0) is 24.0 Å². The van der Waals surface area contributed by atoms with E-state index in [1.165, 1.54) is 0 Å². The zero-order chi connectivity index (χ0) is 19.3.